The number of para-hydroxylation sites is 3. The molecule has 0 aliphatic rings. The first-order chi connectivity index (χ1) is 25.2. The molecule has 0 bridgehead atoms. The largest absolute Gasteiger partial charge is 0.336 e. The Morgan fingerprint density at radius 1 is 0.451 bits per heavy atom. The van der Waals surface area contributed by atoms with Crippen molar-refractivity contribution in [2.45, 2.75) is 6.54 Å². The first-order valence-corrected chi connectivity index (χ1v) is 16.7. The van der Waals surface area contributed by atoms with E-state index in [1.807, 2.05) is 72.8 Å². The van der Waals surface area contributed by atoms with Crippen molar-refractivity contribution in [3.8, 4) is 46.1 Å². The molecule has 2 aromatic heterocycles. The van der Waals surface area contributed by atoms with E-state index in [2.05, 4.69) is 106 Å². The Morgan fingerprint density at radius 2 is 1.10 bits per heavy atom. The Kier molecular flexibility index (Phi) is 6.96. The Hall–Kier alpha value is -7.39. The lowest BCUT2D eigenvalue weighted by molar-refractivity contribution is 0.870. The van der Waals surface area contributed by atoms with Crippen LogP contribution in [0, 0.1) is 34.0 Å². The third-order valence-electron chi connectivity index (χ3n) is 9.93. The van der Waals surface area contributed by atoms with Crippen molar-refractivity contribution in [1.82, 2.24) is 9.13 Å². The van der Waals surface area contributed by atoms with E-state index in [9.17, 15) is 15.8 Å². The van der Waals surface area contributed by atoms with Crippen LogP contribution in [0.2, 0.25) is 0 Å². The van der Waals surface area contributed by atoms with Crippen LogP contribution in [0.3, 0.4) is 0 Å². The van der Waals surface area contributed by atoms with Crippen LogP contribution in [0.1, 0.15) is 22.3 Å². The highest BCUT2D eigenvalue weighted by Crippen LogP contribution is 2.38. The summed E-state index contributed by atoms with van der Waals surface area (Å²) in [6, 6.07) is 58.0. The summed E-state index contributed by atoms with van der Waals surface area (Å²) in [6.07, 6.45) is 0. The lowest BCUT2D eigenvalue weighted by atomic mass is 9.90. The Morgan fingerprint density at radius 3 is 1.80 bits per heavy atom. The summed E-state index contributed by atoms with van der Waals surface area (Å²) in [7, 11) is 0. The van der Waals surface area contributed by atoms with Crippen LogP contribution < -0.4 is 0 Å². The summed E-state index contributed by atoms with van der Waals surface area (Å²) in [6.45, 7) is 0.574. The zero-order chi connectivity index (χ0) is 34.5. The van der Waals surface area contributed by atoms with Crippen LogP contribution in [0.15, 0.2) is 152 Å². The first-order valence-electron chi connectivity index (χ1n) is 16.7. The number of hydrogen-bond donors (Lipinski definition) is 0. The summed E-state index contributed by atoms with van der Waals surface area (Å²) in [5, 5.41) is 34.8. The minimum Gasteiger partial charge on any atom is -0.336 e. The summed E-state index contributed by atoms with van der Waals surface area (Å²) >= 11 is 0. The topological polar surface area (TPSA) is 81.2 Å². The van der Waals surface area contributed by atoms with E-state index < -0.39 is 0 Å². The SMILES string of the molecule is N#Cc1ccc2c(c1)c1ccccc1n2-c1cccc(-c2cc(-c3c(C#N)cccc3Cn3c4ccccc4c4ccccc43)ccc2C#N)c1. The highest BCUT2D eigenvalue weighted by molar-refractivity contribution is 6.10. The molecule has 0 spiro atoms. The minimum atomic E-state index is 0.551. The molecule has 0 fully saturated rings. The van der Waals surface area contributed by atoms with Gasteiger partial charge in [0.2, 0.25) is 0 Å². The van der Waals surface area contributed by atoms with Gasteiger partial charge in [0.1, 0.15) is 0 Å². The summed E-state index contributed by atoms with van der Waals surface area (Å²) in [5.41, 5.74) is 11.4. The molecule has 0 saturated heterocycles. The molecule has 51 heavy (non-hydrogen) atoms. The third-order valence-corrected chi connectivity index (χ3v) is 9.93. The smallest absolute Gasteiger partial charge is 0.0998 e. The van der Waals surface area contributed by atoms with Gasteiger partial charge in [-0.05, 0) is 83.4 Å². The van der Waals surface area contributed by atoms with Gasteiger partial charge in [-0.1, -0.05) is 84.9 Å². The highest BCUT2D eigenvalue weighted by atomic mass is 15.0. The van der Waals surface area contributed by atoms with E-state index in [1.165, 1.54) is 10.8 Å². The van der Waals surface area contributed by atoms with Gasteiger partial charge < -0.3 is 9.13 Å². The number of nitriles is 3. The average molecular weight is 650 g/mol. The van der Waals surface area contributed by atoms with Crippen molar-refractivity contribution in [2.75, 3.05) is 0 Å². The Bertz CT molecular complexity index is 2940. The van der Waals surface area contributed by atoms with Gasteiger partial charge in [0.05, 0.1) is 45.9 Å². The maximum Gasteiger partial charge on any atom is 0.0998 e. The molecule has 2 heterocycles. The number of nitrogens with zero attached hydrogens (tertiary/aromatic N) is 5. The van der Waals surface area contributed by atoms with Crippen LogP contribution >= 0.6 is 0 Å². The van der Waals surface area contributed by atoms with E-state index in [0.717, 1.165) is 66.3 Å². The molecule has 0 aliphatic carbocycles. The van der Waals surface area contributed by atoms with E-state index in [0.29, 0.717) is 23.2 Å². The van der Waals surface area contributed by atoms with Crippen molar-refractivity contribution >= 4 is 43.6 Å². The van der Waals surface area contributed by atoms with Crippen LogP contribution in [0.5, 0.6) is 0 Å². The summed E-state index contributed by atoms with van der Waals surface area (Å²) in [4.78, 5) is 0. The fourth-order valence-electron chi connectivity index (χ4n) is 7.68. The minimum absolute atomic E-state index is 0.551. The fraction of sp³-hybridized carbons (Fsp3) is 0.0217. The first kappa shape index (κ1) is 29.7. The lowest BCUT2D eigenvalue weighted by Gasteiger charge is -2.16. The second-order valence-corrected chi connectivity index (χ2v) is 12.7. The van der Waals surface area contributed by atoms with Crippen molar-refractivity contribution < 1.29 is 0 Å². The molecule has 9 aromatic rings. The molecule has 0 amide bonds. The molecule has 0 radical (unpaired) electrons. The molecule has 7 aromatic carbocycles. The zero-order valence-corrected chi connectivity index (χ0v) is 27.4. The summed E-state index contributed by atoms with van der Waals surface area (Å²) in [5.74, 6) is 0. The monoisotopic (exact) mass is 649 g/mol. The molecule has 5 heteroatoms. The van der Waals surface area contributed by atoms with E-state index in [-0.39, 0.29) is 0 Å². The maximum atomic E-state index is 10.4. The molecule has 0 unspecified atom stereocenters. The van der Waals surface area contributed by atoms with Gasteiger partial charge in [-0.25, -0.2) is 0 Å². The van der Waals surface area contributed by atoms with Gasteiger partial charge in [-0.2, -0.15) is 15.8 Å². The number of aromatic nitrogens is 2. The molecule has 0 aliphatic heterocycles. The fourth-order valence-corrected chi connectivity index (χ4v) is 7.68. The van der Waals surface area contributed by atoms with Crippen LogP contribution in [0.25, 0.3) is 71.6 Å². The molecule has 5 nitrogen and oxygen atoms in total. The number of benzene rings is 7. The average Bonchev–Trinajstić information content (AvgIpc) is 3.69. The van der Waals surface area contributed by atoms with Crippen molar-refractivity contribution in [3.05, 3.63) is 174 Å². The quantitative estimate of drug-likeness (QED) is 0.186. The van der Waals surface area contributed by atoms with Gasteiger partial charge >= 0.3 is 0 Å². The summed E-state index contributed by atoms with van der Waals surface area (Å²) < 4.78 is 4.53. The van der Waals surface area contributed by atoms with Gasteiger partial charge in [0.15, 0.2) is 0 Å². The van der Waals surface area contributed by atoms with Crippen molar-refractivity contribution in [3.63, 3.8) is 0 Å². The van der Waals surface area contributed by atoms with Crippen molar-refractivity contribution in [1.29, 1.82) is 15.8 Å². The van der Waals surface area contributed by atoms with Crippen LogP contribution in [0.4, 0.5) is 0 Å². The lowest BCUT2D eigenvalue weighted by Crippen LogP contribution is -2.03. The van der Waals surface area contributed by atoms with E-state index in [1.54, 1.807) is 0 Å². The Balaban J connectivity index is 1.21. The Labute approximate surface area is 294 Å². The number of rotatable bonds is 5. The van der Waals surface area contributed by atoms with Crippen molar-refractivity contribution in [2.24, 2.45) is 0 Å². The highest BCUT2D eigenvalue weighted by Gasteiger charge is 2.18. The standard InChI is InChI=1S/C46H27N5/c47-26-30-19-22-45-41(23-30)39-15-3-6-18-44(39)51(45)36-12-8-9-31(24-36)40-25-32(20-21-33(40)27-48)46-34(28-49)10-7-11-35(46)29-50-42-16-4-1-13-37(42)38-14-2-5-17-43(38)50/h1-25H,29H2. The molecular weight excluding hydrogens is 623 g/mol. The van der Waals surface area contributed by atoms with E-state index >= 15 is 0 Å². The normalized spacial score (nSPS) is 11.2. The third kappa shape index (κ3) is 4.75. The van der Waals surface area contributed by atoms with Crippen LogP contribution in [-0.4, -0.2) is 9.13 Å². The van der Waals surface area contributed by atoms with Gasteiger partial charge in [0.25, 0.3) is 0 Å². The maximum absolute atomic E-state index is 10.4. The number of hydrogen-bond acceptors (Lipinski definition) is 3. The molecule has 236 valence electrons. The van der Waals surface area contributed by atoms with Crippen LogP contribution in [-0.2, 0) is 6.54 Å². The van der Waals surface area contributed by atoms with Gasteiger partial charge in [0, 0.05) is 55.9 Å². The molecule has 0 atom stereocenters. The van der Waals surface area contributed by atoms with Gasteiger partial charge in [-0.3, -0.25) is 0 Å². The molecule has 0 N–H and O–H groups in total. The second kappa shape index (κ2) is 11.9. The molecule has 0 saturated carbocycles. The molecular formula is C46H27N5. The second-order valence-electron chi connectivity index (χ2n) is 12.7. The zero-order valence-electron chi connectivity index (χ0n) is 27.4. The van der Waals surface area contributed by atoms with E-state index in [4.69, 9.17) is 0 Å². The predicted molar refractivity (Wildman–Crippen MR) is 204 cm³/mol. The molecule has 9 rings (SSSR count). The number of fused-ring (bicyclic) bond motifs is 6. The predicted octanol–water partition coefficient (Wildman–Crippen LogP) is 10.9. The van der Waals surface area contributed by atoms with Gasteiger partial charge in [-0.15, -0.1) is 0 Å².